The number of benzene rings is 1. The van der Waals surface area contributed by atoms with Gasteiger partial charge in [0, 0.05) is 12.1 Å². The minimum Gasteiger partial charge on any atom is -0.496 e. The number of nitrogens with one attached hydrogen (secondary N) is 1. The van der Waals surface area contributed by atoms with Gasteiger partial charge < -0.3 is 15.2 Å². The molecule has 2 N–H and O–H groups in total. The van der Waals surface area contributed by atoms with Gasteiger partial charge in [-0.15, -0.1) is 0 Å². The van der Waals surface area contributed by atoms with Crippen molar-refractivity contribution >= 4 is 11.6 Å². The summed E-state index contributed by atoms with van der Waals surface area (Å²) in [6, 6.07) is 1.29. The van der Waals surface area contributed by atoms with E-state index in [9.17, 15) is 9.50 Å². The van der Waals surface area contributed by atoms with E-state index in [1.165, 1.54) is 13.2 Å². The van der Waals surface area contributed by atoms with Crippen molar-refractivity contribution in [3.63, 3.8) is 0 Å². The predicted octanol–water partition coefficient (Wildman–Crippen LogP) is 2.05. The first-order valence-corrected chi connectivity index (χ1v) is 5.25. The Kier molecular flexibility index (Phi) is 4.53. The van der Waals surface area contributed by atoms with Gasteiger partial charge in [0.2, 0.25) is 0 Å². The van der Waals surface area contributed by atoms with Crippen LogP contribution in [0.4, 0.5) is 4.39 Å². The Hall–Kier alpha value is -0.840. The minimum absolute atomic E-state index is 0.0924. The van der Waals surface area contributed by atoms with Crippen LogP contribution in [0.2, 0.25) is 5.02 Å². The molecule has 0 aliphatic carbocycles. The summed E-state index contributed by atoms with van der Waals surface area (Å²) >= 11 is 5.84. The molecule has 0 spiro atoms. The molecule has 1 atom stereocenters. The summed E-state index contributed by atoms with van der Waals surface area (Å²) in [4.78, 5) is 0. The van der Waals surface area contributed by atoms with Crippen LogP contribution in [0.3, 0.4) is 0 Å². The summed E-state index contributed by atoms with van der Waals surface area (Å²) in [7, 11) is 3.15. The highest BCUT2D eigenvalue weighted by atomic mass is 35.5. The first-order chi connectivity index (χ1) is 7.52. The van der Waals surface area contributed by atoms with Gasteiger partial charge >= 0.3 is 0 Å². The molecule has 0 saturated heterocycles. The summed E-state index contributed by atoms with van der Waals surface area (Å²) in [6.45, 7) is 1.98. The fourth-order valence-corrected chi connectivity index (χ4v) is 1.89. The highest BCUT2D eigenvalue weighted by Gasteiger charge is 2.21. The zero-order valence-corrected chi connectivity index (χ0v) is 10.2. The van der Waals surface area contributed by atoms with Crippen molar-refractivity contribution in [3.05, 3.63) is 28.0 Å². The monoisotopic (exact) mass is 247 g/mol. The molecule has 0 amide bonds. The van der Waals surface area contributed by atoms with Gasteiger partial charge in [-0.25, -0.2) is 4.39 Å². The van der Waals surface area contributed by atoms with Crippen LogP contribution in [0.1, 0.15) is 17.2 Å². The summed E-state index contributed by atoms with van der Waals surface area (Å²) in [5.41, 5.74) is 0.894. The van der Waals surface area contributed by atoms with Crippen LogP contribution in [-0.4, -0.2) is 25.8 Å². The highest BCUT2D eigenvalue weighted by Crippen LogP contribution is 2.36. The molecule has 0 radical (unpaired) electrons. The van der Waals surface area contributed by atoms with Crippen molar-refractivity contribution in [2.24, 2.45) is 0 Å². The lowest BCUT2D eigenvalue weighted by molar-refractivity contribution is 0.173. The smallest absolute Gasteiger partial charge is 0.142 e. The number of likely N-dealkylation sites (N-methyl/N-ethyl adjacent to an activating group) is 1. The van der Waals surface area contributed by atoms with Crippen molar-refractivity contribution in [2.45, 2.75) is 13.0 Å². The summed E-state index contributed by atoms with van der Waals surface area (Å²) < 4.78 is 18.6. The molecule has 0 saturated carbocycles. The van der Waals surface area contributed by atoms with Crippen LogP contribution < -0.4 is 10.1 Å². The maximum Gasteiger partial charge on any atom is 0.142 e. The van der Waals surface area contributed by atoms with Crippen molar-refractivity contribution < 1.29 is 14.2 Å². The molecule has 1 rings (SSSR count). The number of aliphatic hydroxyl groups excluding tert-OH is 1. The van der Waals surface area contributed by atoms with Crippen molar-refractivity contribution in [1.82, 2.24) is 5.32 Å². The number of methoxy groups -OCH3 is 1. The molecule has 16 heavy (non-hydrogen) atoms. The second-order valence-corrected chi connectivity index (χ2v) is 3.89. The van der Waals surface area contributed by atoms with Crippen molar-refractivity contribution in [3.8, 4) is 5.75 Å². The van der Waals surface area contributed by atoms with Gasteiger partial charge in [0.15, 0.2) is 0 Å². The Labute approximate surface area is 99.2 Å². The largest absolute Gasteiger partial charge is 0.496 e. The average Bonchev–Trinajstić information content (AvgIpc) is 2.23. The van der Waals surface area contributed by atoms with Crippen molar-refractivity contribution in [2.75, 3.05) is 20.7 Å². The maximum absolute atomic E-state index is 13.4. The Bertz CT molecular complexity index is 385. The number of aryl methyl sites for hydroxylation is 1. The van der Waals surface area contributed by atoms with Crippen LogP contribution in [0.25, 0.3) is 0 Å². The quantitative estimate of drug-likeness (QED) is 0.856. The number of halogens is 2. The maximum atomic E-state index is 13.4. The first kappa shape index (κ1) is 13.2. The molecule has 0 aromatic heterocycles. The lowest BCUT2D eigenvalue weighted by atomic mass is 10.0. The molecule has 90 valence electrons. The first-order valence-electron chi connectivity index (χ1n) is 4.88. The Morgan fingerprint density at radius 2 is 2.25 bits per heavy atom. The van der Waals surface area contributed by atoms with E-state index in [4.69, 9.17) is 16.3 Å². The highest BCUT2D eigenvalue weighted by molar-refractivity contribution is 6.31. The number of ether oxygens (including phenoxy) is 1. The van der Waals surface area contributed by atoms with E-state index in [2.05, 4.69) is 5.32 Å². The summed E-state index contributed by atoms with van der Waals surface area (Å²) in [6.07, 6.45) is -0.901. The standard InChI is InChI=1S/C11H15ClFNO2/c1-6-4-7(13)10(12)9(11(6)16-3)8(15)5-14-2/h4,8,14-15H,5H2,1-3H3. The zero-order valence-electron chi connectivity index (χ0n) is 9.47. The fraction of sp³-hybridized carbons (Fsp3) is 0.455. The minimum atomic E-state index is -0.901. The van der Waals surface area contributed by atoms with E-state index < -0.39 is 11.9 Å². The van der Waals surface area contributed by atoms with Gasteiger partial charge in [0.1, 0.15) is 11.6 Å². The third-order valence-electron chi connectivity index (χ3n) is 2.33. The molecular formula is C11H15ClFNO2. The summed E-state index contributed by atoms with van der Waals surface area (Å²) in [5.74, 6) is -0.126. The topological polar surface area (TPSA) is 41.5 Å². The molecular weight excluding hydrogens is 233 g/mol. The number of hydrogen-bond acceptors (Lipinski definition) is 3. The van der Waals surface area contributed by atoms with E-state index in [0.717, 1.165) is 0 Å². The van der Waals surface area contributed by atoms with Crippen LogP contribution in [0.15, 0.2) is 6.07 Å². The van der Waals surface area contributed by atoms with Gasteiger partial charge in [-0.3, -0.25) is 0 Å². The average molecular weight is 248 g/mol. The number of hydrogen-bond donors (Lipinski definition) is 2. The van der Waals surface area contributed by atoms with Gasteiger partial charge in [0.25, 0.3) is 0 Å². The zero-order chi connectivity index (χ0) is 12.3. The third-order valence-corrected chi connectivity index (χ3v) is 2.71. The molecule has 0 fully saturated rings. The second-order valence-electron chi connectivity index (χ2n) is 3.51. The predicted molar refractivity (Wildman–Crippen MR) is 61.6 cm³/mol. The molecule has 3 nitrogen and oxygen atoms in total. The van der Waals surface area contributed by atoms with E-state index in [0.29, 0.717) is 11.3 Å². The van der Waals surface area contributed by atoms with Gasteiger partial charge in [-0.05, 0) is 25.6 Å². The molecule has 1 aromatic rings. The fourth-order valence-electron chi connectivity index (χ4n) is 1.62. The van der Waals surface area contributed by atoms with Gasteiger partial charge in [-0.1, -0.05) is 11.6 Å². The lowest BCUT2D eigenvalue weighted by Crippen LogP contribution is -2.18. The van der Waals surface area contributed by atoms with Gasteiger partial charge in [0.05, 0.1) is 18.2 Å². The Balaban J connectivity index is 3.32. The third kappa shape index (κ3) is 2.45. The van der Waals surface area contributed by atoms with Crippen LogP contribution in [-0.2, 0) is 0 Å². The van der Waals surface area contributed by atoms with Crippen LogP contribution in [0.5, 0.6) is 5.75 Å². The van der Waals surface area contributed by atoms with E-state index in [-0.39, 0.29) is 17.1 Å². The molecule has 0 heterocycles. The Morgan fingerprint density at radius 1 is 1.62 bits per heavy atom. The molecule has 5 heteroatoms. The number of rotatable bonds is 4. The van der Waals surface area contributed by atoms with Crippen LogP contribution >= 0.6 is 11.6 Å². The molecule has 0 aliphatic rings. The molecule has 0 aliphatic heterocycles. The Morgan fingerprint density at radius 3 is 2.75 bits per heavy atom. The number of aliphatic hydroxyl groups is 1. The van der Waals surface area contributed by atoms with E-state index in [1.54, 1.807) is 14.0 Å². The molecule has 1 aromatic carbocycles. The normalized spacial score (nSPS) is 12.6. The van der Waals surface area contributed by atoms with Crippen molar-refractivity contribution in [1.29, 1.82) is 0 Å². The van der Waals surface area contributed by atoms with E-state index in [1.807, 2.05) is 0 Å². The summed E-state index contributed by atoms with van der Waals surface area (Å²) in [5, 5.41) is 12.6. The SMILES string of the molecule is CNCC(O)c1c(Cl)c(F)cc(C)c1OC. The molecule has 0 bridgehead atoms. The lowest BCUT2D eigenvalue weighted by Gasteiger charge is -2.18. The van der Waals surface area contributed by atoms with E-state index >= 15 is 0 Å². The second kappa shape index (κ2) is 5.48. The van der Waals surface area contributed by atoms with Gasteiger partial charge in [-0.2, -0.15) is 0 Å². The van der Waals surface area contributed by atoms with Crippen LogP contribution in [0, 0.1) is 12.7 Å². The molecule has 1 unspecified atom stereocenters.